The highest BCUT2D eigenvalue weighted by molar-refractivity contribution is 5.76. The molecule has 4 heteroatoms. The van der Waals surface area contributed by atoms with Crippen LogP contribution in [0.2, 0.25) is 0 Å². The maximum absolute atomic E-state index is 12.1. The fraction of sp³-hybridized carbons (Fsp3) is 0.929. The van der Waals surface area contributed by atoms with Crippen LogP contribution >= 0.6 is 0 Å². The molecule has 0 aliphatic heterocycles. The van der Waals surface area contributed by atoms with E-state index in [4.69, 9.17) is 10.8 Å². The van der Waals surface area contributed by atoms with E-state index in [1.807, 2.05) is 4.90 Å². The van der Waals surface area contributed by atoms with Crippen LogP contribution in [0, 0.1) is 5.92 Å². The Balaban J connectivity index is 2.32. The molecule has 0 aromatic carbocycles. The first kappa shape index (κ1) is 15.4. The molecule has 1 rings (SSSR count). The van der Waals surface area contributed by atoms with E-state index in [2.05, 4.69) is 6.92 Å². The summed E-state index contributed by atoms with van der Waals surface area (Å²) in [6.07, 6.45) is 7.10. The Labute approximate surface area is 111 Å². The fourth-order valence-electron chi connectivity index (χ4n) is 2.55. The molecule has 0 radical (unpaired) electrons. The van der Waals surface area contributed by atoms with Crippen LogP contribution in [0.1, 0.15) is 51.9 Å². The monoisotopic (exact) mass is 256 g/mol. The van der Waals surface area contributed by atoms with Crippen molar-refractivity contribution in [2.45, 2.75) is 57.9 Å². The van der Waals surface area contributed by atoms with Gasteiger partial charge in [-0.15, -0.1) is 0 Å². The van der Waals surface area contributed by atoms with E-state index in [0.29, 0.717) is 31.5 Å². The molecule has 1 amide bonds. The summed E-state index contributed by atoms with van der Waals surface area (Å²) >= 11 is 0. The van der Waals surface area contributed by atoms with Crippen molar-refractivity contribution >= 4 is 5.91 Å². The second-order valence-electron chi connectivity index (χ2n) is 5.31. The number of aliphatic hydroxyl groups is 1. The van der Waals surface area contributed by atoms with Gasteiger partial charge in [0.1, 0.15) is 0 Å². The quantitative estimate of drug-likeness (QED) is 0.622. The van der Waals surface area contributed by atoms with Gasteiger partial charge in [-0.3, -0.25) is 4.79 Å². The van der Waals surface area contributed by atoms with Crippen molar-refractivity contribution in [3.05, 3.63) is 0 Å². The first-order valence-electron chi connectivity index (χ1n) is 7.33. The lowest BCUT2D eigenvalue weighted by atomic mass is 9.94. The molecule has 18 heavy (non-hydrogen) atoms. The van der Waals surface area contributed by atoms with Crippen molar-refractivity contribution in [2.75, 3.05) is 19.7 Å². The van der Waals surface area contributed by atoms with Crippen molar-refractivity contribution in [2.24, 2.45) is 11.7 Å². The number of hydrogen-bond donors (Lipinski definition) is 2. The summed E-state index contributed by atoms with van der Waals surface area (Å²) < 4.78 is 0. The van der Waals surface area contributed by atoms with Crippen LogP contribution in [0.4, 0.5) is 0 Å². The number of carbonyl (C=O) groups is 1. The predicted octanol–water partition coefficient (Wildman–Crippen LogP) is 1.52. The highest BCUT2D eigenvalue weighted by Crippen LogP contribution is 2.28. The number of nitrogens with zero attached hydrogens (tertiary/aromatic N) is 1. The lowest BCUT2D eigenvalue weighted by Gasteiger charge is -2.23. The highest BCUT2D eigenvalue weighted by atomic mass is 16.3. The first-order chi connectivity index (χ1) is 8.72. The zero-order chi connectivity index (χ0) is 13.4. The number of hydrogen-bond acceptors (Lipinski definition) is 3. The van der Waals surface area contributed by atoms with Gasteiger partial charge in [0.05, 0.1) is 6.61 Å². The third-order valence-corrected chi connectivity index (χ3v) is 3.69. The molecule has 1 fully saturated rings. The van der Waals surface area contributed by atoms with Gasteiger partial charge < -0.3 is 15.7 Å². The van der Waals surface area contributed by atoms with Crippen LogP contribution < -0.4 is 5.73 Å². The van der Waals surface area contributed by atoms with E-state index >= 15 is 0 Å². The zero-order valence-electron chi connectivity index (χ0n) is 11.6. The van der Waals surface area contributed by atoms with Gasteiger partial charge in [-0.25, -0.2) is 0 Å². The standard InChI is InChI=1S/C14H28N2O2/c1-2-3-12(8-9-15)4-7-14(18)16(10-11-17)13-5-6-13/h12-13,17H,2-11,15H2,1H3. The average molecular weight is 256 g/mol. The number of nitrogens with two attached hydrogens (primary N) is 1. The molecule has 1 atom stereocenters. The minimum atomic E-state index is 0.0728. The lowest BCUT2D eigenvalue weighted by Crippen LogP contribution is -2.35. The molecule has 106 valence electrons. The van der Waals surface area contributed by atoms with Gasteiger partial charge in [0, 0.05) is 19.0 Å². The van der Waals surface area contributed by atoms with Crippen LogP contribution in [0.25, 0.3) is 0 Å². The molecule has 3 N–H and O–H groups in total. The van der Waals surface area contributed by atoms with Crippen molar-refractivity contribution in [3.8, 4) is 0 Å². The molecule has 0 aromatic heterocycles. The molecule has 1 saturated carbocycles. The van der Waals surface area contributed by atoms with Gasteiger partial charge in [-0.1, -0.05) is 19.8 Å². The summed E-state index contributed by atoms with van der Waals surface area (Å²) in [6, 6.07) is 0.406. The molecule has 0 aromatic rings. The topological polar surface area (TPSA) is 66.6 Å². The summed E-state index contributed by atoms with van der Waals surface area (Å²) in [5.74, 6) is 0.795. The molecular formula is C14H28N2O2. The fourth-order valence-corrected chi connectivity index (χ4v) is 2.55. The van der Waals surface area contributed by atoms with Gasteiger partial charge in [-0.2, -0.15) is 0 Å². The lowest BCUT2D eigenvalue weighted by molar-refractivity contribution is -0.132. The van der Waals surface area contributed by atoms with E-state index in [0.717, 1.165) is 38.5 Å². The minimum absolute atomic E-state index is 0.0728. The zero-order valence-corrected chi connectivity index (χ0v) is 11.6. The van der Waals surface area contributed by atoms with Crippen molar-refractivity contribution < 1.29 is 9.90 Å². The summed E-state index contributed by atoms with van der Waals surface area (Å²) in [4.78, 5) is 14.0. The Morgan fingerprint density at radius 1 is 1.39 bits per heavy atom. The molecule has 1 aliphatic carbocycles. The molecule has 0 bridgehead atoms. The van der Waals surface area contributed by atoms with E-state index in [1.54, 1.807) is 0 Å². The van der Waals surface area contributed by atoms with E-state index in [-0.39, 0.29) is 12.5 Å². The molecule has 0 spiro atoms. The Morgan fingerprint density at radius 3 is 2.61 bits per heavy atom. The Bertz CT molecular complexity index is 236. The van der Waals surface area contributed by atoms with Gasteiger partial charge in [0.2, 0.25) is 5.91 Å². The number of aliphatic hydroxyl groups excluding tert-OH is 1. The van der Waals surface area contributed by atoms with Crippen LogP contribution in [0.5, 0.6) is 0 Å². The summed E-state index contributed by atoms with van der Waals surface area (Å²) in [6.45, 7) is 3.46. The third-order valence-electron chi connectivity index (χ3n) is 3.69. The molecule has 1 unspecified atom stereocenters. The van der Waals surface area contributed by atoms with Crippen LogP contribution in [0.15, 0.2) is 0 Å². The van der Waals surface area contributed by atoms with Gasteiger partial charge in [0.15, 0.2) is 0 Å². The smallest absolute Gasteiger partial charge is 0.222 e. The number of rotatable bonds is 10. The minimum Gasteiger partial charge on any atom is -0.395 e. The Morgan fingerprint density at radius 2 is 2.11 bits per heavy atom. The summed E-state index contributed by atoms with van der Waals surface area (Å²) in [5.41, 5.74) is 5.60. The van der Waals surface area contributed by atoms with Gasteiger partial charge in [0.25, 0.3) is 0 Å². The summed E-state index contributed by atoms with van der Waals surface area (Å²) in [5, 5.41) is 9.00. The Hall–Kier alpha value is -0.610. The normalized spacial score (nSPS) is 16.6. The Kier molecular flexibility index (Phi) is 7.28. The molecular weight excluding hydrogens is 228 g/mol. The van der Waals surface area contributed by atoms with Gasteiger partial charge in [-0.05, 0) is 38.1 Å². The maximum Gasteiger partial charge on any atom is 0.222 e. The largest absolute Gasteiger partial charge is 0.395 e. The van der Waals surface area contributed by atoms with Crippen molar-refractivity contribution in [1.82, 2.24) is 4.90 Å². The molecule has 0 saturated heterocycles. The van der Waals surface area contributed by atoms with Crippen LogP contribution in [-0.2, 0) is 4.79 Å². The van der Waals surface area contributed by atoms with Crippen molar-refractivity contribution in [3.63, 3.8) is 0 Å². The van der Waals surface area contributed by atoms with Crippen molar-refractivity contribution in [1.29, 1.82) is 0 Å². The summed E-state index contributed by atoms with van der Waals surface area (Å²) in [7, 11) is 0. The maximum atomic E-state index is 12.1. The first-order valence-corrected chi connectivity index (χ1v) is 7.33. The number of amides is 1. The van der Waals surface area contributed by atoms with E-state index in [1.165, 1.54) is 0 Å². The number of carbonyl (C=O) groups excluding carboxylic acids is 1. The van der Waals surface area contributed by atoms with Crippen LogP contribution in [-0.4, -0.2) is 41.7 Å². The third kappa shape index (κ3) is 5.36. The SMILES string of the molecule is CCCC(CCN)CCC(=O)N(CCO)C1CC1. The van der Waals surface area contributed by atoms with E-state index < -0.39 is 0 Å². The predicted molar refractivity (Wildman–Crippen MR) is 73.1 cm³/mol. The molecule has 4 nitrogen and oxygen atoms in total. The average Bonchev–Trinajstić information content (AvgIpc) is 3.17. The van der Waals surface area contributed by atoms with E-state index in [9.17, 15) is 4.79 Å². The second-order valence-corrected chi connectivity index (χ2v) is 5.31. The van der Waals surface area contributed by atoms with Crippen LogP contribution in [0.3, 0.4) is 0 Å². The second kappa shape index (κ2) is 8.48. The highest BCUT2D eigenvalue weighted by Gasteiger charge is 2.31. The molecule has 0 heterocycles. The van der Waals surface area contributed by atoms with Gasteiger partial charge >= 0.3 is 0 Å². The molecule has 1 aliphatic rings.